The summed E-state index contributed by atoms with van der Waals surface area (Å²) in [7, 11) is 2.98. The van der Waals surface area contributed by atoms with Crippen LogP contribution in [0.3, 0.4) is 0 Å². The molecule has 0 spiro atoms. The largest absolute Gasteiger partial charge is 0.493 e. The molecule has 2 rings (SSSR count). The molecule has 0 bridgehead atoms. The maximum absolute atomic E-state index is 13.8. The normalized spacial score (nSPS) is 10.0. The van der Waals surface area contributed by atoms with Crippen molar-refractivity contribution >= 4 is 17.3 Å². The van der Waals surface area contributed by atoms with Crippen LogP contribution in [-0.2, 0) is 0 Å². The molecule has 0 unspecified atom stereocenters. The fourth-order valence-electron chi connectivity index (χ4n) is 1.89. The van der Waals surface area contributed by atoms with Crippen molar-refractivity contribution in [3.63, 3.8) is 0 Å². The molecule has 110 valence electrons. The van der Waals surface area contributed by atoms with E-state index in [1.807, 2.05) is 0 Å². The summed E-state index contributed by atoms with van der Waals surface area (Å²) >= 11 is 0. The molecule has 0 amide bonds. The molecular weight excluding hydrogens is 277 g/mol. The number of ether oxygens (including phenoxy) is 2. The van der Waals surface area contributed by atoms with Crippen molar-refractivity contribution in [2.75, 3.05) is 19.5 Å². The summed E-state index contributed by atoms with van der Waals surface area (Å²) in [5, 5.41) is 11.9. The molecule has 0 saturated heterocycles. The van der Waals surface area contributed by atoms with Gasteiger partial charge < -0.3 is 19.9 Å². The number of hydrogen-bond donors (Lipinski definition) is 2. The van der Waals surface area contributed by atoms with E-state index in [-0.39, 0.29) is 11.3 Å². The Kier molecular flexibility index (Phi) is 4.27. The van der Waals surface area contributed by atoms with Gasteiger partial charge in [-0.25, -0.2) is 9.18 Å². The highest BCUT2D eigenvalue weighted by molar-refractivity contribution is 5.95. The third-order valence-corrected chi connectivity index (χ3v) is 2.90. The molecule has 2 N–H and O–H groups in total. The first-order chi connectivity index (χ1) is 10.1. The summed E-state index contributed by atoms with van der Waals surface area (Å²) < 4.78 is 24.1. The van der Waals surface area contributed by atoms with Gasteiger partial charge in [-0.2, -0.15) is 0 Å². The minimum absolute atomic E-state index is 0.0998. The van der Waals surface area contributed by atoms with Crippen molar-refractivity contribution in [3.8, 4) is 11.5 Å². The minimum Gasteiger partial charge on any atom is -0.493 e. The quantitative estimate of drug-likeness (QED) is 0.884. The number of anilines is 2. The smallest absolute Gasteiger partial charge is 0.337 e. The van der Waals surface area contributed by atoms with Crippen LogP contribution in [0.2, 0.25) is 0 Å². The predicted octanol–water partition coefficient (Wildman–Crippen LogP) is 3.28. The summed E-state index contributed by atoms with van der Waals surface area (Å²) in [6, 6.07) is 8.74. The number of carboxylic acids is 1. The van der Waals surface area contributed by atoms with Crippen molar-refractivity contribution in [1.29, 1.82) is 0 Å². The Morgan fingerprint density at radius 1 is 1.14 bits per heavy atom. The van der Waals surface area contributed by atoms with Crippen LogP contribution < -0.4 is 14.8 Å². The minimum atomic E-state index is -1.21. The summed E-state index contributed by atoms with van der Waals surface area (Å²) in [5.41, 5.74) is 0.238. The van der Waals surface area contributed by atoms with E-state index in [4.69, 9.17) is 14.6 Å². The van der Waals surface area contributed by atoms with Gasteiger partial charge in [-0.1, -0.05) is 6.07 Å². The highest BCUT2D eigenvalue weighted by atomic mass is 19.1. The van der Waals surface area contributed by atoms with Gasteiger partial charge in [-0.05, 0) is 24.3 Å². The number of carbonyl (C=O) groups is 1. The summed E-state index contributed by atoms with van der Waals surface area (Å²) in [4.78, 5) is 11.1. The lowest BCUT2D eigenvalue weighted by molar-refractivity contribution is 0.0697. The number of hydrogen-bond acceptors (Lipinski definition) is 4. The molecule has 2 aromatic rings. The molecule has 2 aromatic carbocycles. The highest BCUT2D eigenvalue weighted by Gasteiger charge is 2.15. The number of carboxylic acid groups (broad SMARTS) is 1. The van der Waals surface area contributed by atoms with Crippen LogP contribution in [0.1, 0.15) is 10.4 Å². The maximum atomic E-state index is 13.8. The van der Waals surface area contributed by atoms with Gasteiger partial charge in [0, 0.05) is 11.8 Å². The summed E-state index contributed by atoms with van der Waals surface area (Å²) in [6.45, 7) is 0. The van der Waals surface area contributed by atoms with E-state index in [0.29, 0.717) is 17.2 Å². The first-order valence-corrected chi connectivity index (χ1v) is 6.07. The average molecular weight is 291 g/mol. The third kappa shape index (κ3) is 3.05. The lowest BCUT2D eigenvalue weighted by Crippen LogP contribution is -2.05. The number of nitrogens with one attached hydrogen (secondary N) is 1. The van der Waals surface area contributed by atoms with Crippen molar-refractivity contribution < 1.29 is 23.8 Å². The Hall–Kier alpha value is -2.76. The van der Waals surface area contributed by atoms with E-state index >= 15 is 0 Å². The van der Waals surface area contributed by atoms with Gasteiger partial charge in [-0.15, -0.1) is 0 Å². The Balaban J connectivity index is 2.41. The van der Waals surface area contributed by atoms with E-state index in [1.54, 1.807) is 18.2 Å². The number of para-hydroxylation sites is 1. The Morgan fingerprint density at radius 2 is 1.86 bits per heavy atom. The van der Waals surface area contributed by atoms with E-state index in [0.717, 1.165) is 0 Å². The van der Waals surface area contributed by atoms with E-state index in [2.05, 4.69) is 5.32 Å². The molecule has 6 heteroatoms. The van der Waals surface area contributed by atoms with Crippen molar-refractivity contribution in [2.45, 2.75) is 0 Å². The van der Waals surface area contributed by atoms with Gasteiger partial charge in [0.15, 0.2) is 11.5 Å². The van der Waals surface area contributed by atoms with Crippen LogP contribution in [-0.4, -0.2) is 25.3 Å². The SMILES string of the molecule is COc1ccc(Nc2c(F)cccc2C(=O)O)cc1OC. The first-order valence-electron chi connectivity index (χ1n) is 6.07. The van der Waals surface area contributed by atoms with Gasteiger partial charge in [0.1, 0.15) is 5.82 Å². The first kappa shape index (κ1) is 14.6. The Labute approximate surface area is 120 Å². The molecule has 0 radical (unpaired) electrons. The molecule has 5 nitrogen and oxygen atoms in total. The van der Waals surface area contributed by atoms with Gasteiger partial charge in [0.2, 0.25) is 0 Å². The van der Waals surface area contributed by atoms with Crippen LogP contribution in [0.5, 0.6) is 11.5 Å². The van der Waals surface area contributed by atoms with Crippen LogP contribution in [0.4, 0.5) is 15.8 Å². The van der Waals surface area contributed by atoms with Crippen LogP contribution in [0.15, 0.2) is 36.4 Å². The summed E-state index contributed by atoms with van der Waals surface area (Å²) in [6.07, 6.45) is 0. The number of aromatic carboxylic acids is 1. The molecule has 0 fully saturated rings. The number of halogens is 1. The lowest BCUT2D eigenvalue weighted by atomic mass is 10.1. The van der Waals surface area contributed by atoms with Crippen LogP contribution >= 0.6 is 0 Å². The van der Waals surface area contributed by atoms with Crippen LogP contribution in [0, 0.1) is 5.82 Å². The van der Waals surface area contributed by atoms with Gasteiger partial charge >= 0.3 is 5.97 Å². The fourth-order valence-corrected chi connectivity index (χ4v) is 1.89. The monoisotopic (exact) mass is 291 g/mol. The maximum Gasteiger partial charge on any atom is 0.337 e. The molecule has 0 aliphatic rings. The predicted molar refractivity (Wildman–Crippen MR) is 76.2 cm³/mol. The average Bonchev–Trinajstić information content (AvgIpc) is 2.48. The molecule has 0 heterocycles. The zero-order valence-electron chi connectivity index (χ0n) is 11.5. The van der Waals surface area contributed by atoms with Crippen molar-refractivity contribution in [1.82, 2.24) is 0 Å². The van der Waals surface area contributed by atoms with E-state index in [1.165, 1.54) is 32.4 Å². The second-order valence-corrected chi connectivity index (χ2v) is 4.16. The second kappa shape index (κ2) is 6.13. The number of rotatable bonds is 5. The topological polar surface area (TPSA) is 67.8 Å². The zero-order valence-corrected chi connectivity index (χ0v) is 11.5. The van der Waals surface area contributed by atoms with Gasteiger partial charge in [-0.3, -0.25) is 0 Å². The van der Waals surface area contributed by atoms with E-state index in [9.17, 15) is 9.18 Å². The van der Waals surface area contributed by atoms with E-state index < -0.39 is 11.8 Å². The molecule has 0 saturated carbocycles. The molecule has 0 atom stereocenters. The van der Waals surface area contributed by atoms with Gasteiger partial charge in [0.05, 0.1) is 25.5 Å². The molecule has 0 aliphatic carbocycles. The van der Waals surface area contributed by atoms with Crippen LogP contribution in [0.25, 0.3) is 0 Å². The van der Waals surface area contributed by atoms with Gasteiger partial charge in [0.25, 0.3) is 0 Å². The lowest BCUT2D eigenvalue weighted by Gasteiger charge is -2.13. The molecule has 0 aliphatic heterocycles. The van der Waals surface area contributed by atoms with Crippen molar-refractivity contribution in [2.24, 2.45) is 0 Å². The van der Waals surface area contributed by atoms with Crippen molar-refractivity contribution in [3.05, 3.63) is 47.8 Å². The molecule has 21 heavy (non-hydrogen) atoms. The fraction of sp³-hybridized carbons (Fsp3) is 0.133. The number of benzene rings is 2. The third-order valence-electron chi connectivity index (χ3n) is 2.90. The Morgan fingerprint density at radius 3 is 2.48 bits per heavy atom. The highest BCUT2D eigenvalue weighted by Crippen LogP contribution is 2.32. The molecular formula is C15H14FNO4. The standard InChI is InChI=1S/C15H14FNO4/c1-20-12-7-6-9(8-13(12)21-2)17-14-10(15(18)19)4-3-5-11(14)16/h3-8,17H,1-2H3,(H,18,19). The number of methoxy groups -OCH3 is 2. The molecule has 0 aromatic heterocycles. The Bertz CT molecular complexity index is 673. The zero-order chi connectivity index (χ0) is 15.4. The second-order valence-electron chi connectivity index (χ2n) is 4.16. The summed E-state index contributed by atoms with van der Waals surface area (Å²) in [5.74, 6) is -0.882.